The fourth-order valence-electron chi connectivity index (χ4n) is 13.4. The number of esters is 1. The molecule has 30 nitrogen and oxygen atoms in total. The van der Waals surface area contributed by atoms with E-state index in [2.05, 4.69) is 234 Å². The van der Waals surface area contributed by atoms with Crippen molar-refractivity contribution in [3.05, 3.63) is 211 Å². The van der Waals surface area contributed by atoms with E-state index in [0.29, 0.717) is 12.8 Å². The van der Waals surface area contributed by atoms with Crippen LogP contribution < -0.4 is 45.7 Å². The van der Waals surface area contributed by atoms with Crippen molar-refractivity contribution in [2.45, 2.75) is 364 Å². The second-order valence-electron chi connectivity index (χ2n) is 37.2. The minimum Gasteiger partial charge on any atom is -0.756 e. The molecule has 2 saturated heterocycles. The molecule has 0 bridgehead atoms. The largest absolute Gasteiger partial charge is 0.756 e. The lowest BCUT2D eigenvalue weighted by atomic mass is 9.79. The van der Waals surface area contributed by atoms with Gasteiger partial charge in [-0.1, -0.05) is 214 Å². The summed E-state index contributed by atoms with van der Waals surface area (Å²) in [5.74, 6) is -2.14. The first-order valence-electron chi connectivity index (χ1n) is 48.7. The Hall–Kier alpha value is -5.62. The Kier molecular flexibility index (Phi) is 75.8. The number of carbonyl (C=O) groups excluding carboxylic acids is 1. The summed E-state index contributed by atoms with van der Waals surface area (Å²) in [5, 5.41) is 49.6. The quantitative estimate of drug-likeness (QED) is 0.0155. The van der Waals surface area contributed by atoms with Crippen LogP contribution in [0.4, 0.5) is 0 Å². The molecule has 15 atom stereocenters. The van der Waals surface area contributed by atoms with Crippen molar-refractivity contribution in [1.29, 1.82) is 0 Å². The number of nitrogens with one attached hydrogen (secondary N) is 4. The summed E-state index contributed by atoms with van der Waals surface area (Å²) in [6, 6.07) is 0. The van der Waals surface area contributed by atoms with Gasteiger partial charge in [0.2, 0.25) is 0 Å². The third-order valence-electron chi connectivity index (χ3n) is 22.6. The summed E-state index contributed by atoms with van der Waals surface area (Å²) in [4.78, 5) is 79.0. The van der Waals surface area contributed by atoms with Crippen molar-refractivity contribution in [2.24, 2.45) is 23.7 Å². The molecule has 4 heterocycles. The zero-order valence-corrected chi connectivity index (χ0v) is 93.0. The maximum absolute atomic E-state index is 12.4. The molecule has 35 heteroatoms. The number of phosphoric ester groups is 5. The first-order chi connectivity index (χ1) is 65.0. The van der Waals surface area contributed by atoms with Gasteiger partial charge in [0.15, 0.2) is 12.6 Å². The molecule has 4 aliphatic rings. The average molecular weight is 2060 g/mol. The van der Waals surface area contributed by atoms with Crippen LogP contribution in [0.15, 0.2) is 211 Å². The summed E-state index contributed by atoms with van der Waals surface area (Å²) < 4.78 is 107. The Balaban J connectivity index is 0. The molecule has 0 aromatic rings. The van der Waals surface area contributed by atoms with Gasteiger partial charge in [0.25, 0.3) is 39.1 Å². The van der Waals surface area contributed by atoms with E-state index < -0.39 is 107 Å². The second kappa shape index (κ2) is 77.8. The zero-order chi connectivity index (χ0) is 106. The smallest absolute Gasteiger partial charge is 0.302 e. The van der Waals surface area contributed by atoms with Gasteiger partial charge in [-0.3, -0.25) is 36.7 Å². The number of carbonyl (C=O) groups is 1. The molecule has 4 rings (SSSR count). The normalized spacial score (nSPS) is 22.3. The van der Waals surface area contributed by atoms with Crippen LogP contribution in [-0.2, 0) is 73.1 Å². The van der Waals surface area contributed by atoms with E-state index in [1.807, 2.05) is 65.5 Å². The number of hydrogen-bond donors (Lipinski definition) is 9. The Bertz CT molecular complexity index is 4320. The van der Waals surface area contributed by atoms with Crippen LogP contribution in [0.1, 0.15) is 327 Å². The predicted molar refractivity (Wildman–Crippen MR) is 553 cm³/mol. The van der Waals surface area contributed by atoms with Crippen molar-refractivity contribution in [1.82, 2.24) is 21.3 Å². The SMILES string of the molecule is C1=CNCN1.C1=CNCN1.CC(=O)OCC1O[C@H](OP(=O)([O-])OP(=O)([O-])OC/C=C(/C)CC/C=C(/C)CC/C=C(\C)CCC=C(C)C)C(C)[C@@H](C)[C@@H]1C.CC(C)=CCC/C(C)=C/CC/C(C)=C\CC/C(C)=C\CO.CC(C)=CCC/C(C)=C/CC/C(C)=C\CC/C(C)=C\COP(=O)([O-])O.CC(C)=CCC/C(C)=C/CC/C(C)=C\CC/C(C)=C\COP(=O)([O-])OP(=O)([O-])O[C@H]1OC(CO)[C@@H](O)[C@H](O)C1C. The maximum atomic E-state index is 12.4. The van der Waals surface area contributed by atoms with Crippen molar-refractivity contribution in [3.8, 4) is 0 Å². The summed E-state index contributed by atoms with van der Waals surface area (Å²) in [7, 11) is -26.0. The highest BCUT2D eigenvalue weighted by atomic mass is 31.3. The Morgan fingerprint density at radius 3 is 0.813 bits per heavy atom. The number of allylic oxidation sites excluding steroid dienone is 28. The molecule has 9 N–H and O–H groups in total. The topological polar surface area (TPSA) is 459 Å². The van der Waals surface area contributed by atoms with E-state index in [1.165, 1.54) is 98.8 Å². The van der Waals surface area contributed by atoms with Crippen LogP contribution in [0.2, 0.25) is 0 Å². The van der Waals surface area contributed by atoms with Crippen LogP contribution in [0.5, 0.6) is 0 Å². The molecule has 139 heavy (non-hydrogen) atoms. The zero-order valence-electron chi connectivity index (χ0n) is 88.5. The Morgan fingerprint density at radius 2 is 0.576 bits per heavy atom. The molecule has 9 unspecified atom stereocenters. The van der Waals surface area contributed by atoms with Gasteiger partial charge >= 0.3 is 5.97 Å². The number of rotatable bonds is 57. The monoisotopic (exact) mass is 2050 g/mol. The number of aliphatic hydroxyl groups excluding tert-OH is 4. The number of aliphatic hydroxyl groups is 4. The molecule has 0 aromatic heterocycles. The van der Waals surface area contributed by atoms with Gasteiger partial charge in [-0.05, 0) is 304 Å². The van der Waals surface area contributed by atoms with E-state index in [-0.39, 0.29) is 38.3 Å². The maximum Gasteiger partial charge on any atom is 0.302 e. The fourth-order valence-corrected chi connectivity index (χ4v) is 17.8. The minimum absolute atomic E-state index is 0.0708. The van der Waals surface area contributed by atoms with Crippen LogP contribution >= 0.6 is 39.1 Å². The molecule has 0 spiro atoms. The average Bonchev–Trinajstić information content (AvgIpc) is 1.13. The van der Waals surface area contributed by atoms with Crippen LogP contribution in [-0.4, -0.2) is 121 Å². The highest BCUT2D eigenvalue weighted by Gasteiger charge is 2.45. The minimum atomic E-state index is -5.51. The Morgan fingerprint density at radius 1 is 0.331 bits per heavy atom. The van der Waals surface area contributed by atoms with Gasteiger partial charge in [-0.25, -0.2) is 8.62 Å². The number of ether oxygens (including phenoxy) is 3. The lowest BCUT2D eigenvalue weighted by Crippen LogP contribution is -2.55. The summed E-state index contributed by atoms with van der Waals surface area (Å²) in [5.41, 5.74) is 20.7. The van der Waals surface area contributed by atoms with Gasteiger partial charge < -0.3 is 98.8 Å². The highest BCUT2D eigenvalue weighted by molar-refractivity contribution is 7.60. The van der Waals surface area contributed by atoms with E-state index >= 15 is 0 Å². The lowest BCUT2D eigenvalue weighted by Gasteiger charge is -2.44. The van der Waals surface area contributed by atoms with Crippen molar-refractivity contribution < 1.29 is 123 Å². The van der Waals surface area contributed by atoms with E-state index in [4.69, 9.17) is 33.3 Å². The lowest BCUT2D eigenvalue weighted by molar-refractivity contribution is -0.292. The molecule has 0 aliphatic carbocycles. The molecule has 800 valence electrons. The van der Waals surface area contributed by atoms with Gasteiger partial charge in [-0.15, -0.1) is 0 Å². The van der Waals surface area contributed by atoms with Gasteiger partial charge in [-0.2, -0.15) is 0 Å². The summed E-state index contributed by atoms with van der Waals surface area (Å²) in [6.07, 6.45) is 57.5. The van der Waals surface area contributed by atoms with Gasteiger partial charge in [0, 0.05) is 43.6 Å². The summed E-state index contributed by atoms with van der Waals surface area (Å²) in [6.45, 7) is 50.2. The van der Waals surface area contributed by atoms with E-state index in [0.717, 1.165) is 165 Å². The predicted octanol–water partition coefficient (Wildman–Crippen LogP) is 22.5. The molecule has 0 aromatic carbocycles. The van der Waals surface area contributed by atoms with E-state index in [1.54, 1.807) is 19.1 Å². The second-order valence-corrected chi connectivity index (χ2v) is 44.2. The van der Waals surface area contributed by atoms with E-state index in [9.17, 15) is 67.4 Å². The van der Waals surface area contributed by atoms with Crippen molar-refractivity contribution in [2.75, 3.05) is 53.0 Å². The highest BCUT2D eigenvalue weighted by Crippen LogP contribution is 2.59. The molecular weight excluding hydrogens is 1880 g/mol. The molecule has 2 fully saturated rings. The third-order valence-corrected chi connectivity index (χ3v) is 28.1. The fraction of sp³-hybridized carbons (Fsp3) is 0.644. The third kappa shape index (κ3) is 78.4. The van der Waals surface area contributed by atoms with Crippen molar-refractivity contribution >= 4 is 45.1 Å². The van der Waals surface area contributed by atoms with Gasteiger partial charge in [0.1, 0.15) is 18.8 Å². The van der Waals surface area contributed by atoms with Crippen LogP contribution in [0, 0.1) is 23.7 Å². The molecule has 4 aliphatic heterocycles. The van der Waals surface area contributed by atoms with Gasteiger partial charge in [0.05, 0.1) is 58.6 Å². The summed E-state index contributed by atoms with van der Waals surface area (Å²) >= 11 is 0. The molecular formula is C104H178N4O26P5-5. The first kappa shape index (κ1) is 135. The Labute approximate surface area is 836 Å². The van der Waals surface area contributed by atoms with Crippen LogP contribution in [0.25, 0.3) is 0 Å². The number of phosphoric acid groups is 5. The standard InChI is InChI=1S/C31H54O10P2.C27H48O11P2.C20H35O4P.C20H34O.2C3H6N2/c1-22(2)13-10-14-23(3)15-11-16-24(4)17-12-18-25(5)19-20-38-42(33,34)41-43(35,36)40-31-28(8)26(6)27(7)30(39-31)21-37-29(9)32;1-19(2)10-7-11-20(3)12-8-13-21(4)14-9-15-22(5)16-17-35-39(31,32)38-40(33,34)37-27-23(6)25(29)26(30)24(18-28)36-27;1-17(2)9-6-10-18(3)11-7-12-19(4)13-8-14-20(5)15-16-24-25(21,22)23;1-17(2)9-6-10-18(3)11-7-12-19(4)13-8-14-20(5)15-16-21;2*1-2-5-3-4-1/h13,15,17,19,26-28,30-31H,10-12,14,16,18,20-21H2,1-9H3,(H,33,34)(H,35,36);10,12,14,16,23-30H,7-9,11,13,15,17-18H2,1-6H3,(H,31,32)(H,33,34);9,11,13,15H,6-8,10,12,14,16H2,1-5H3,(H2,21,22,23);9,11,13,15,21H,6-8,10,12,14,16H2,1-5H3;2*1-2,4-5H,3H2/p-5/b23-15+,24-17-,25-19-;20-12+,21-14-,22-16-;2*18-11+,19-13-,20-15-;;/t26-,27-,28?,30?,31+;23?,24?,25-,26-,27-;;;;/m01..../s1. The van der Waals surface area contributed by atoms with Crippen LogP contribution in [0.3, 0.4) is 0 Å². The molecule has 0 radical (unpaired) electrons. The number of hydrogen-bond acceptors (Lipinski definition) is 29. The van der Waals surface area contributed by atoms with Crippen molar-refractivity contribution in [3.63, 3.8) is 0 Å². The first-order valence-corrected chi connectivity index (χ1v) is 56.1. The molecule has 0 amide bonds. The molecule has 0 saturated carbocycles.